The van der Waals surface area contributed by atoms with Gasteiger partial charge in [0.1, 0.15) is 5.75 Å². The van der Waals surface area contributed by atoms with E-state index in [1.54, 1.807) is 7.11 Å². The summed E-state index contributed by atoms with van der Waals surface area (Å²) in [6, 6.07) is 5.83. The van der Waals surface area contributed by atoms with E-state index in [9.17, 15) is 0 Å². The van der Waals surface area contributed by atoms with Crippen LogP contribution in [0.25, 0.3) is 0 Å². The molecule has 0 radical (unpaired) electrons. The Morgan fingerprint density at radius 3 is 2.67 bits per heavy atom. The molecular formula is C14H20N2O2. The number of nitrogens with two attached hydrogens (primary N) is 1. The summed E-state index contributed by atoms with van der Waals surface area (Å²) < 4.78 is 10.9. The lowest BCUT2D eigenvalue weighted by atomic mass is 9.73. The molecule has 0 atom stereocenters. The maximum atomic E-state index is 5.87. The highest BCUT2D eigenvalue weighted by Gasteiger charge is 2.44. The molecule has 4 heteroatoms. The minimum Gasteiger partial charge on any atom is -0.495 e. The molecule has 2 saturated heterocycles. The van der Waals surface area contributed by atoms with E-state index < -0.39 is 0 Å². The maximum absolute atomic E-state index is 5.87. The van der Waals surface area contributed by atoms with Gasteiger partial charge in [-0.2, -0.15) is 0 Å². The van der Waals surface area contributed by atoms with E-state index in [1.807, 2.05) is 18.2 Å². The Hall–Kier alpha value is -1.42. The number of nitrogens with zero attached hydrogens (tertiary/aromatic N) is 1. The molecule has 3 rings (SSSR count). The molecule has 98 valence electrons. The molecule has 1 spiro atoms. The van der Waals surface area contributed by atoms with Crippen LogP contribution in [0.15, 0.2) is 18.2 Å². The third-order valence-electron chi connectivity index (χ3n) is 4.15. The quantitative estimate of drug-likeness (QED) is 0.812. The highest BCUT2D eigenvalue weighted by molar-refractivity contribution is 5.66. The van der Waals surface area contributed by atoms with Crippen LogP contribution in [-0.4, -0.2) is 33.4 Å². The predicted octanol–water partition coefficient (Wildman–Crippen LogP) is 1.89. The van der Waals surface area contributed by atoms with Crippen LogP contribution in [0, 0.1) is 5.41 Å². The maximum Gasteiger partial charge on any atom is 0.142 e. The van der Waals surface area contributed by atoms with Gasteiger partial charge in [-0.25, -0.2) is 0 Å². The molecule has 2 aliphatic heterocycles. The first-order valence-electron chi connectivity index (χ1n) is 6.49. The van der Waals surface area contributed by atoms with Crippen LogP contribution in [0.4, 0.5) is 11.4 Å². The SMILES string of the molecule is COc1ccc(N)cc1N1CC2(CCOCC2)C1. The van der Waals surface area contributed by atoms with Gasteiger partial charge >= 0.3 is 0 Å². The normalized spacial score (nSPS) is 21.7. The van der Waals surface area contributed by atoms with Crippen LogP contribution in [0.3, 0.4) is 0 Å². The lowest BCUT2D eigenvalue weighted by molar-refractivity contribution is -0.000309. The van der Waals surface area contributed by atoms with Crippen molar-refractivity contribution < 1.29 is 9.47 Å². The van der Waals surface area contributed by atoms with Gasteiger partial charge in [0, 0.05) is 37.4 Å². The molecule has 0 amide bonds. The highest BCUT2D eigenvalue weighted by atomic mass is 16.5. The van der Waals surface area contributed by atoms with E-state index in [4.69, 9.17) is 15.2 Å². The standard InChI is InChI=1S/C14H20N2O2/c1-17-13-3-2-11(15)8-12(13)16-9-14(10-16)4-6-18-7-5-14/h2-3,8H,4-7,9-10,15H2,1H3. The first kappa shape index (κ1) is 11.7. The van der Waals surface area contributed by atoms with Gasteiger partial charge in [-0.1, -0.05) is 0 Å². The van der Waals surface area contributed by atoms with E-state index in [2.05, 4.69) is 4.90 Å². The lowest BCUT2D eigenvalue weighted by Crippen LogP contribution is -2.58. The van der Waals surface area contributed by atoms with Gasteiger partial charge in [-0.3, -0.25) is 0 Å². The summed E-state index contributed by atoms with van der Waals surface area (Å²) >= 11 is 0. The summed E-state index contributed by atoms with van der Waals surface area (Å²) in [5.41, 5.74) is 8.24. The fourth-order valence-electron chi connectivity index (χ4n) is 3.01. The van der Waals surface area contributed by atoms with Gasteiger partial charge in [-0.05, 0) is 31.0 Å². The molecule has 4 nitrogen and oxygen atoms in total. The Morgan fingerprint density at radius 2 is 2.00 bits per heavy atom. The predicted molar refractivity (Wildman–Crippen MR) is 72.1 cm³/mol. The Bertz CT molecular complexity index is 433. The molecule has 0 aromatic heterocycles. The third kappa shape index (κ3) is 1.90. The fraction of sp³-hybridized carbons (Fsp3) is 0.571. The molecule has 2 N–H and O–H groups in total. The van der Waals surface area contributed by atoms with Crippen LogP contribution in [0.5, 0.6) is 5.75 Å². The molecule has 0 bridgehead atoms. The molecule has 2 aliphatic rings. The van der Waals surface area contributed by atoms with Crippen LogP contribution in [0.2, 0.25) is 0 Å². The van der Waals surface area contributed by atoms with Crippen LogP contribution in [0.1, 0.15) is 12.8 Å². The van der Waals surface area contributed by atoms with Crippen molar-refractivity contribution in [2.24, 2.45) is 5.41 Å². The van der Waals surface area contributed by atoms with Gasteiger partial charge in [0.15, 0.2) is 0 Å². The van der Waals surface area contributed by atoms with Crippen molar-refractivity contribution in [1.29, 1.82) is 0 Å². The largest absolute Gasteiger partial charge is 0.495 e. The molecular weight excluding hydrogens is 228 g/mol. The first-order valence-corrected chi connectivity index (χ1v) is 6.49. The molecule has 0 saturated carbocycles. The van der Waals surface area contributed by atoms with Crippen molar-refractivity contribution >= 4 is 11.4 Å². The summed E-state index contributed by atoms with van der Waals surface area (Å²) in [4.78, 5) is 2.36. The van der Waals surface area contributed by atoms with E-state index >= 15 is 0 Å². The molecule has 0 aliphatic carbocycles. The summed E-state index contributed by atoms with van der Waals surface area (Å²) in [5.74, 6) is 0.908. The Morgan fingerprint density at radius 1 is 1.28 bits per heavy atom. The van der Waals surface area contributed by atoms with E-state index in [0.29, 0.717) is 5.41 Å². The number of anilines is 2. The Kier molecular flexibility index (Phi) is 2.82. The van der Waals surface area contributed by atoms with E-state index in [0.717, 1.165) is 43.4 Å². The number of nitrogen functional groups attached to an aromatic ring is 1. The molecule has 0 unspecified atom stereocenters. The van der Waals surface area contributed by atoms with Gasteiger partial charge < -0.3 is 20.1 Å². The van der Waals surface area contributed by atoms with Crippen molar-refractivity contribution in [3.05, 3.63) is 18.2 Å². The Balaban J connectivity index is 1.75. The smallest absolute Gasteiger partial charge is 0.142 e. The van der Waals surface area contributed by atoms with Gasteiger partial charge in [0.05, 0.1) is 12.8 Å². The monoisotopic (exact) mass is 248 g/mol. The second-order valence-corrected chi connectivity index (χ2v) is 5.40. The minimum atomic E-state index is 0.466. The Labute approximate surface area is 108 Å². The zero-order valence-corrected chi connectivity index (χ0v) is 10.8. The van der Waals surface area contributed by atoms with E-state index in [-0.39, 0.29) is 0 Å². The summed E-state index contributed by atoms with van der Waals surface area (Å²) in [5, 5.41) is 0. The van der Waals surface area contributed by atoms with Crippen molar-refractivity contribution in [1.82, 2.24) is 0 Å². The lowest BCUT2D eigenvalue weighted by Gasteiger charge is -2.53. The minimum absolute atomic E-state index is 0.466. The summed E-state index contributed by atoms with van der Waals surface area (Å²) in [6.45, 7) is 4.00. The number of hydrogen-bond donors (Lipinski definition) is 1. The number of rotatable bonds is 2. The van der Waals surface area contributed by atoms with Crippen molar-refractivity contribution in [2.45, 2.75) is 12.8 Å². The molecule has 18 heavy (non-hydrogen) atoms. The topological polar surface area (TPSA) is 47.7 Å². The third-order valence-corrected chi connectivity index (χ3v) is 4.15. The van der Waals surface area contributed by atoms with Gasteiger partial charge in [0.2, 0.25) is 0 Å². The molecule has 1 aromatic rings. The second kappa shape index (κ2) is 4.35. The van der Waals surface area contributed by atoms with Crippen molar-refractivity contribution in [3.63, 3.8) is 0 Å². The van der Waals surface area contributed by atoms with Crippen LogP contribution < -0.4 is 15.4 Å². The average Bonchev–Trinajstić information content (AvgIpc) is 2.37. The summed E-state index contributed by atoms with van der Waals surface area (Å²) in [6.07, 6.45) is 2.35. The first-order chi connectivity index (χ1) is 8.72. The van der Waals surface area contributed by atoms with Crippen molar-refractivity contribution in [2.75, 3.05) is 44.0 Å². The van der Waals surface area contributed by atoms with Gasteiger partial charge in [-0.15, -0.1) is 0 Å². The fourth-order valence-corrected chi connectivity index (χ4v) is 3.01. The molecule has 2 heterocycles. The zero-order chi connectivity index (χ0) is 12.6. The number of ether oxygens (including phenoxy) is 2. The van der Waals surface area contributed by atoms with E-state index in [1.165, 1.54) is 12.8 Å². The number of benzene rings is 1. The van der Waals surface area contributed by atoms with Crippen LogP contribution in [-0.2, 0) is 4.74 Å². The number of hydrogen-bond acceptors (Lipinski definition) is 4. The second-order valence-electron chi connectivity index (χ2n) is 5.40. The van der Waals surface area contributed by atoms with Crippen molar-refractivity contribution in [3.8, 4) is 5.75 Å². The zero-order valence-electron chi connectivity index (χ0n) is 10.8. The van der Waals surface area contributed by atoms with Crippen LogP contribution >= 0.6 is 0 Å². The average molecular weight is 248 g/mol. The van der Waals surface area contributed by atoms with Gasteiger partial charge in [0.25, 0.3) is 0 Å². The molecule has 1 aromatic carbocycles. The summed E-state index contributed by atoms with van der Waals surface area (Å²) in [7, 11) is 1.71. The molecule has 2 fully saturated rings. The number of methoxy groups -OCH3 is 1. The highest BCUT2D eigenvalue weighted by Crippen LogP contribution is 2.44.